The highest BCUT2D eigenvalue weighted by Crippen LogP contribution is 2.19. The molecule has 0 fully saturated rings. The van der Waals surface area contributed by atoms with Crippen LogP contribution in [-0.2, 0) is 13.0 Å². The highest BCUT2D eigenvalue weighted by molar-refractivity contribution is 6.04. The van der Waals surface area contributed by atoms with Gasteiger partial charge in [0.1, 0.15) is 5.56 Å². The van der Waals surface area contributed by atoms with Crippen LogP contribution in [0.4, 0.5) is 5.69 Å². The standard InChI is InChI=1S/C16H17N3O2/c1-10-6-15(20)14(9-18-10)16(21)19-13-3-2-11-4-5-17-8-12(11)7-13/h2-3,6-7,9,17H,4-5,8H2,1H3,(H,18,20)(H,19,21). The largest absolute Gasteiger partial charge is 0.364 e. The van der Waals surface area contributed by atoms with Crippen molar-refractivity contribution in [2.75, 3.05) is 11.9 Å². The Bertz CT molecular complexity index is 749. The monoisotopic (exact) mass is 283 g/mol. The van der Waals surface area contributed by atoms with Crippen LogP contribution >= 0.6 is 0 Å². The molecule has 5 heteroatoms. The predicted molar refractivity (Wildman–Crippen MR) is 81.6 cm³/mol. The van der Waals surface area contributed by atoms with E-state index in [1.807, 2.05) is 18.2 Å². The van der Waals surface area contributed by atoms with E-state index in [-0.39, 0.29) is 16.9 Å². The first-order valence-corrected chi connectivity index (χ1v) is 6.97. The normalized spacial score (nSPS) is 13.6. The van der Waals surface area contributed by atoms with E-state index in [0.717, 1.165) is 25.2 Å². The van der Waals surface area contributed by atoms with Crippen molar-refractivity contribution in [3.63, 3.8) is 0 Å². The maximum absolute atomic E-state index is 12.2. The first-order chi connectivity index (χ1) is 10.1. The lowest BCUT2D eigenvalue weighted by Gasteiger charge is -2.18. The molecule has 3 rings (SSSR count). The van der Waals surface area contributed by atoms with Crippen LogP contribution in [0.15, 0.2) is 35.3 Å². The molecule has 2 aromatic rings. The molecule has 1 amide bonds. The third-order valence-electron chi connectivity index (χ3n) is 3.65. The van der Waals surface area contributed by atoms with E-state index >= 15 is 0 Å². The number of anilines is 1. The maximum atomic E-state index is 12.2. The highest BCUT2D eigenvalue weighted by atomic mass is 16.2. The third kappa shape index (κ3) is 2.87. The molecule has 0 bridgehead atoms. The molecule has 5 nitrogen and oxygen atoms in total. The number of carbonyl (C=O) groups excluding carboxylic acids is 1. The Morgan fingerprint density at radius 2 is 2.10 bits per heavy atom. The summed E-state index contributed by atoms with van der Waals surface area (Å²) in [6, 6.07) is 7.29. The van der Waals surface area contributed by atoms with Crippen molar-refractivity contribution < 1.29 is 4.79 Å². The van der Waals surface area contributed by atoms with Crippen LogP contribution < -0.4 is 16.1 Å². The Balaban J connectivity index is 1.83. The molecule has 0 atom stereocenters. The summed E-state index contributed by atoms with van der Waals surface area (Å²) in [5.74, 6) is -0.389. The Morgan fingerprint density at radius 3 is 2.90 bits per heavy atom. The molecule has 0 aliphatic carbocycles. The SMILES string of the molecule is Cc1cc(=O)c(C(=O)Nc2ccc3c(c2)CNCC3)c[nH]1. The Kier molecular flexibility index (Phi) is 3.58. The Labute approximate surface area is 122 Å². The van der Waals surface area contributed by atoms with Gasteiger partial charge in [0.2, 0.25) is 0 Å². The number of nitrogens with one attached hydrogen (secondary N) is 3. The molecule has 1 aromatic carbocycles. The van der Waals surface area contributed by atoms with Crippen molar-refractivity contribution >= 4 is 11.6 Å². The lowest BCUT2D eigenvalue weighted by Crippen LogP contribution is -2.24. The third-order valence-corrected chi connectivity index (χ3v) is 3.65. The zero-order valence-electron chi connectivity index (χ0n) is 11.8. The number of fused-ring (bicyclic) bond motifs is 1. The van der Waals surface area contributed by atoms with Gasteiger partial charge in [0.05, 0.1) is 0 Å². The minimum Gasteiger partial charge on any atom is -0.364 e. The van der Waals surface area contributed by atoms with Gasteiger partial charge in [0.25, 0.3) is 5.91 Å². The average molecular weight is 283 g/mol. The predicted octanol–water partition coefficient (Wildman–Crippen LogP) is 1.58. The van der Waals surface area contributed by atoms with Crippen LogP contribution in [0.5, 0.6) is 0 Å². The molecule has 0 saturated carbocycles. The number of benzene rings is 1. The first kappa shape index (κ1) is 13.6. The van der Waals surface area contributed by atoms with E-state index in [0.29, 0.717) is 5.69 Å². The van der Waals surface area contributed by atoms with E-state index in [2.05, 4.69) is 15.6 Å². The van der Waals surface area contributed by atoms with Gasteiger partial charge >= 0.3 is 0 Å². The fraction of sp³-hybridized carbons (Fsp3) is 0.250. The molecule has 0 spiro atoms. The van der Waals surface area contributed by atoms with Crippen molar-refractivity contribution in [1.29, 1.82) is 0 Å². The molecule has 0 unspecified atom stereocenters. The number of aromatic nitrogens is 1. The number of rotatable bonds is 2. The van der Waals surface area contributed by atoms with E-state index in [4.69, 9.17) is 0 Å². The molecule has 2 heterocycles. The number of H-pyrrole nitrogens is 1. The summed E-state index contributed by atoms with van der Waals surface area (Å²) in [6.45, 7) is 3.57. The summed E-state index contributed by atoms with van der Waals surface area (Å²) >= 11 is 0. The van der Waals surface area contributed by atoms with Gasteiger partial charge < -0.3 is 15.6 Å². The number of aromatic amines is 1. The van der Waals surface area contributed by atoms with Crippen LogP contribution in [0.3, 0.4) is 0 Å². The van der Waals surface area contributed by atoms with Gasteiger partial charge in [-0.15, -0.1) is 0 Å². The summed E-state index contributed by atoms with van der Waals surface area (Å²) in [6.07, 6.45) is 2.45. The van der Waals surface area contributed by atoms with Crippen molar-refractivity contribution in [2.24, 2.45) is 0 Å². The molecule has 1 aliphatic heterocycles. The lowest BCUT2D eigenvalue weighted by atomic mass is 10.0. The maximum Gasteiger partial charge on any atom is 0.261 e. The molecular formula is C16H17N3O2. The first-order valence-electron chi connectivity index (χ1n) is 6.97. The zero-order valence-corrected chi connectivity index (χ0v) is 11.8. The van der Waals surface area contributed by atoms with Crippen LogP contribution in [-0.4, -0.2) is 17.4 Å². The van der Waals surface area contributed by atoms with Crippen LogP contribution in [0.25, 0.3) is 0 Å². The second-order valence-electron chi connectivity index (χ2n) is 5.26. The molecule has 1 aliphatic rings. The Hall–Kier alpha value is -2.40. The fourth-order valence-electron chi connectivity index (χ4n) is 2.51. The van der Waals surface area contributed by atoms with Crippen molar-refractivity contribution in [3.05, 3.63) is 63.1 Å². The van der Waals surface area contributed by atoms with Crippen LogP contribution in [0.1, 0.15) is 27.2 Å². The summed E-state index contributed by atoms with van der Waals surface area (Å²) in [5.41, 5.74) is 3.79. The summed E-state index contributed by atoms with van der Waals surface area (Å²) < 4.78 is 0. The van der Waals surface area contributed by atoms with Gasteiger partial charge in [-0.1, -0.05) is 6.07 Å². The zero-order chi connectivity index (χ0) is 14.8. The summed E-state index contributed by atoms with van der Waals surface area (Å²) in [4.78, 5) is 26.9. The van der Waals surface area contributed by atoms with Gasteiger partial charge in [-0.25, -0.2) is 0 Å². The number of hydrogen-bond donors (Lipinski definition) is 3. The lowest BCUT2D eigenvalue weighted by molar-refractivity contribution is 0.102. The quantitative estimate of drug-likeness (QED) is 0.783. The van der Waals surface area contributed by atoms with E-state index in [1.54, 1.807) is 6.92 Å². The molecule has 0 radical (unpaired) electrons. The molecular weight excluding hydrogens is 266 g/mol. The number of hydrogen-bond acceptors (Lipinski definition) is 3. The second-order valence-corrected chi connectivity index (χ2v) is 5.26. The molecule has 3 N–H and O–H groups in total. The molecule has 21 heavy (non-hydrogen) atoms. The van der Waals surface area contributed by atoms with Gasteiger partial charge in [-0.2, -0.15) is 0 Å². The minimum atomic E-state index is -0.389. The smallest absolute Gasteiger partial charge is 0.261 e. The van der Waals surface area contributed by atoms with Crippen molar-refractivity contribution in [2.45, 2.75) is 19.9 Å². The summed E-state index contributed by atoms with van der Waals surface area (Å²) in [5, 5.41) is 6.08. The van der Waals surface area contributed by atoms with Crippen molar-refractivity contribution in [3.8, 4) is 0 Å². The number of pyridine rings is 1. The van der Waals surface area contributed by atoms with Crippen LogP contribution in [0.2, 0.25) is 0 Å². The highest BCUT2D eigenvalue weighted by Gasteiger charge is 2.13. The number of amides is 1. The molecule has 108 valence electrons. The second kappa shape index (κ2) is 5.54. The van der Waals surface area contributed by atoms with Gasteiger partial charge in [-0.3, -0.25) is 9.59 Å². The fourth-order valence-corrected chi connectivity index (χ4v) is 2.51. The van der Waals surface area contributed by atoms with Gasteiger partial charge in [0.15, 0.2) is 5.43 Å². The molecule has 0 saturated heterocycles. The van der Waals surface area contributed by atoms with E-state index in [9.17, 15) is 9.59 Å². The molecule has 1 aromatic heterocycles. The average Bonchev–Trinajstić information content (AvgIpc) is 2.47. The van der Waals surface area contributed by atoms with Gasteiger partial charge in [-0.05, 0) is 43.1 Å². The minimum absolute atomic E-state index is 0.122. The van der Waals surface area contributed by atoms with Crippen molar-refractivity contribution in [1.82, 2.24) is 10.3 Å². The van der Waals surface area contributed by atoms with E-state index < -0.39 is 0 Å². The van der Waals surface area contributed by atoms with Gasteiger partial charge in [0, 0.05) is 30.2 Å². The number of aryl methyl sites for hydroxylation is 1. The summed E-state index contributed by atoms with van der Waals surface area (Å²) in [7, 11) is 0. The number of carbonyl (C=O) groups is 1. The topological polar surface area (TPSA) is 74.0 Å². The van der Waals surface area contributed by atoms with E-state index in [1.165, 1.54) is 23.4 Å². The Morgan fingerprint density at radius 1 is 1.24 bits per heavy atom. The van der Waals surface area contributed by atoms with Crippen LogP contribution in [0, 0.1) is 6.92 Å².